The first kappa shape index (κ1) is 17.6. The molecule has 0 bridgehead atoms. The minimum Gasteiger partial charge on any atom is -0.361 e. The lowest BCUT2D eigenvalue weighted by atomic mass is 10.2. The number of carbonyl (C=O) groups is 1. The first-order chi connectivity index (χ1) is 13.0. The first-order valence-electron chi connectivity index (χ1n) is 9.45. The monoisotopic (exact) mass is 368 g/mol. The van der Waals surface area contributed by atoms with E-state index in [1.807, 2.05) is 19.0 Å². The fraction of sp³-hybridized carbons (Fsp3) is 0.526. The summed E-state index contributed by atoms with van der Waals surface area (Å²) < 4.78 is 1.53. The molecule has 3 heterocycles. The number of rotatable bonds is 4. The van der Waals surface area contributed by atoms with Crippen molar-refractivity contribution in [3.63, 3.8) is 0 Å². The number of anilines is 1. The molecule has 1 aliphatic carbocycles. The van der Waals surface area contributed by atoms with Gasteiger partial charge >= 0.3 is 0 Å². The number of likely N-dealkylation sites (tertiary alicyclic amines) is 1. The minimum atomic E-state index is -0.135. The highest BCUT2D eigenvalue weighted by Crippen LogP contribution is 2.22. The van der Waals surface area contributed by atoms with Crippen molar-refractivity contribution in [3.8, 4) is 0 Å². The van der Waals surface area contributed by atoms with Gasteiger partial charge < -0.3 is 9.80 Å². The van der Waals surface area contributed by atoms with Crippen molar-refractivity contribution in [2.45, 2.75) is 44.7 Å². The number of nitrogens with zero attached hydrogens (tertiary/aromatic N) is 6. The zero-order valence-corrected chi connectivity index (χ0v) is 15.8. The van der Waals surface area contributed by atoms with Crippen molar-refractivity contribution in [1.82, 2.24) is 24.9 Å². The van der Waals surface area contributed by atoms with Gasteiger partial charge in [0.15, 0.2) is 11.5 Å². The topological polar surface area (TPSA) is 84.2 Å². The van der Waals surface area contributed by atoms with Gasteiger partial charge in [0.1, 0.15) is 0 Å². The van der Waals surface area contributed by atoms with Crippen molar-refractivity contribution in [1.29, 1.82) is 0 Å². The third kappa shape index (κ3) is 3.43. The average Bonchev–Trinajstić information content (AvgIpc) is 3.30. The summed E-state index contributed by atoms with van der Waals surface area (Å²) in [5.41, 5.74) is 2.36. The molecule has 0 saturated carbocycles. The summed E-state index contributed by atoms with van der Waals surface area (Å²) in [6, 6.07) is 5.16. The van der Waals surface area contributed by atoms with Crippen molar-refractivity contribution in [2.75, 3.05) is 25.5 Å². The van der Waals surface area contributed by atoms with E-state index in [1.165, 1.54) is 4.68 Å². The van der Waals surface area contributed by atoms with Gasteiger partial charge in [-0.2, -0.15) is 5.10 Å². The van der Waals surface area contributed by atoms with Crippen LogP contribution in [-0.4, -0.2) is 57.5 Å². The first-order valence-corrected chi connectivity index (χ1v) is 9.45. The fourth-order valence-corrected chi connectivity index (χ4v) is 3.89. The summed E-state index contributed by atoms with van der Waals surface area (Å²) in [6.07, 6.45) is 4.70. The van der Waals surface area contributed by atoms with Crippen LogP contribution in [0.2, 0.25) is 0 Å². The number of aromatic nitrogens is 4. The van der Waals surface area contributed by atoms with Gasteiger partial charge in [-0.05, 0) is 49.8 Å². The molecule has 1 fully saturated rings. The lowest BCUT2D eigenvalue weighted by Gasteiger charge is -2.24. The van der Waals surface area contributed by atoms with E-state index in [0.29, 0.717) is 24.6 Å². The third-order valence-electron chi connectivity index (χ3n) is 5.37. The standard InChI is InChI=1S/C19H24N6O2/c1-23(2)17-9-8-16(20-21-17)19(27)24-10-4-6-14(24)12-25-18(26)11-13-5-3-7-15(13)22-25/h8-9,11,14H,3-7,10,12H2,1-2H3. The van der Waals surface area contributed by atoms with Crippen LogP contribution in [0.3, 0.4) is 0 Å². The predicted molar refractivity (Wildman–Crippen MR) is 101 cm³/mol. The van der Waals surface area contributed by atoms with Crippen LogP contribution in [0.4, 0.5) is 5.82 Å². The molecule has 0 spiro atoms. The number of hydrogen-bond acceptors (Lipinski definition) is 6. The van der Waals surface area contributed by atoms with Gasteiger partial charge in [0.2, 0.25) is 0 Å². The summed E-state index contributed by atoms with van der Waals surface area (Å²) in [6.45, 7) is 1.10. The minimum absolute atomic E-state index is 0.0440. The zero-order valence-electron chi connectivity index (χ0n) is 15.8. The number of carbonyl (C=O) groups excluding carboxylic acids is 1. The van der Waals surface area contributed by atoms with Crippen LogP contribution >= 0.6 is 0 Å². The van der Waals surface area contributed by atoms with Crippen LogP contribution in [0.15, 0.2) is 23.0 Å². The molecule has 2 aromatic heterocycles. The SMILES string of the molecule is CN(C)c1ccc(C(=O)N2CCCC2Cn2nc3c(cc2=O)CCC3)nn1. The molecule has 0 radical (unpaired) electrons. The van der Waals surface area contributed by atoms with E-state index >= 15 is 0 Å². The van der Waals surface area contributed by atoms with Crippen LogP contribution in [0, 0.1) is 0 Å². The largest absolute Gasteiger partial charge is 0.361 e. The molecule has 0 aromatic carbocycles. The predicted octanol–water partition coefficient (Wildman–Crippen LogP) is 0.893. The lowest BCUT2D eigenvalue weighted by molar-refractivity contribution is 0.0713. The highest BCUT2D eigenvalue weighted by molar-refractivity contribution is 5.92. The lowest BCUT2D eigenvalue weighted by Crippen LogP contribution is -2.41. The van der Waals surface area contributed by atoms with Crippen LogP contribution < -0.4 is 10.5 Å². The molecule has 1 aliphatic heterocycles. The summed E-state index contributed by atoms with van der Waals surface area (Å²) in [5, 5.41) is 12.7. The van der Waals surface area contributed by atoms with E-state index in [4.69, 9.17) is 0 Å². The van der Waals surface area contributed by atoms with Gasteiger partial charge in [-0.3, -0.25) is 9.59 Å². The van der Waals surface area contributed by atoms with Crippen LogP contribution in [0.25, 0.3) is 0 Å². The Morgan fingerprint density at radius 2 is 2.07 bits per heavy atom. The maximum Gasteiger partial charge on any atom is 0.274 e. The molecule has 27 heavy (non-hydrogen) atoms. The van der Waals surface area contributed by atoms with Gasteiger partial charge in [-0.1, -0.05) is 0 Å². The van der Waals surface area contributed by atoms with E-state index in [0.717, 1.165) is 43.4 Å². The Bertz CT molecular complexity index is 905. The van der Waals surface area contributed by atoms with Gasteiger partial charge in [0, 0.05) is 26.7 Å². The number of amides is 1. The second-order valence-electron chi connectivity index (χ2n) is 7.46. The normalized spacial score (nSPS) is 18.6. The second kappa shape index (κ2) is 7.09. The molecule has 8 nitrogen and oxygen atoms in total. The van der Waals surface area contributed by atoms with Crippen molar-refractivity contribution < 1.29 is 4.79 Å². The molecule has 1 amide bonds. The highest BCUT2D eigenvalue weighted by atomic mass is 16.2. The maximum absolute atomic E-state index is 12.9. The van der Waals surface area contributed by atoms with E-state index in [2.05, 4.69) is 15.3 Å². The fourth-order valence-electron chi connectivity index (χ4n) is 3.89. The molecule has 0 N–H and O–H groups in total. The third-order valence-corrected chi connectivity index (χ3v) is 5.37. The van der Waals surface area contributed by atoms with E-state index in [9.17, 15) is 9.59 Å². The molecule has 1 unspecified atom stereocenters. The average molecular weight is 368 g/mol. The molecule has 1 atom stereocenters. The Labute approximate surface area is 157 Å². The Morgan fingerprint density at radius 1 is 1.22 bits per heavy atom. The number of aryl methyl sites for hydroxylation is 2. The molecule has 4 rings (SSSR count). The maximum atomic E-state index is 12.9. The van der Waals surface area contributed by atoms with E-state index in [1.54, 1.807) is 23.1 Å². The number of fused-ring (bicyclic) bond motifs is 1. The van der Waals surface area contributed by atoms with E-state index < -0.39 is 0 Å². The van der Waals surface area contributed by atoms with Gasteiger partial charge in [0.05, 0.1) is 18.3 Å². The van der Waals surface area contributed by atoms with Gasteiger partial charge in [0.25, 0.3) is 11.5 Å². The van der Waals surface area contributed by atoms with Crippen molar-refractivity contribution in [2.24, 2.45) is 0 Å². The highest BCUT2D eigenvalue weighted by Gasteiger charge is 2.31. The molecular weight excluding hydrogens is 344 g/mol. The molecular formula is C19H24N6O2. The Hall–Kier alpha value is -2.77. The number of hydrogen-bond donors (Lipinski definition) is 0. The molecule has 2 aliphatic rings. The Balaban J connectivity index is 1.52. The second-order valence-corrected chi connectivity index (χ2v) is 7.46. The summed E-state index contributed by atoms with van der Waals surface area (Å²) in [7, 11) is 3.76. The van der Waals surface area contributed by atoms with Crippen LogP contribution in [0.1, 0.15) is 41.0 Å². The Morgan fingerprint density at radius 3 is 2.81 bits per heavy atom. The van der Waals surface area contributed by atoms with Gasteiger partial charge in [-0.15, -0.1) is 10.2 Å². The van der Waals surface area contributed by atoms with Gasteiger partial charge in [-0.25, -0.2) is 4.68 Å². The summed E-state index contributed by atoms with van der Waals surface area (Å²) >= 11 is 0. The van der Waals surface area contributed by atoms with Crippen LogP contribution in [0.5, 0.6) is 0 Å². The van der Waals surface area contributed by atoms with Crippen molar-refractivity contribution >= 4 is 11.7 Å². The van der Waals surface area contributed by atoms with Crippen molar-refractivity contribution in [3.05, 3.63) is 45.5 Å². The van der Waals surface area contributed by atoms with E-state index in [-0.39, 0.29) is 17.5 Å². The summed E-state index contributed by atoms with van der Waals surface area (Å²) in [5.74, 6) is 0.572. The van der Waals surface area contributed by atoms with Crippen LogP contribution in [-0.2, 0) is 19.4 Å². The zero-order chi connectivity index (χ0) is 19.0. The molecule has 2 aromatic rings. The molecule has 8 heteroatoms. The molecule has 142 valence electrons. The summed E-state index contributed by atoms with van der Waals surface area (Å²) in [4.78, 5) is 28.9. The quantitative estimate of drug-likeness (QED) is 0.797. The Kier molecular flexibility index (Phi) is 4.63. The molecule has 1 saturated heterocycles. The smallest absolute Gasteiger partial charge is 0.274 e.